The topological polar surface area (TPSA) is 64.6 Å². The maximum atomic E-state index is 12.6. The minimum absolute atomic E-state index is 0.294. The minimum Gasteiger partial charge on any atom is -0.398 e. The van der Waals surface area contributed by atoms with Crippen molar-refractivity contribution < 1.29 is 13.6 Å². The van der Waals surface area contributed by atoms with Crippen LogP contribution in [-0.2, 0) is 9.09 Å². The highest BCUT2D eigenvalue weighted by Gasteiger charge is 2.27. The van der Waals surface area contributed by atoms with Crippen LogP contribution in [0.4, 0.5) is 5.95 Å². The zero-order chi connectivity index (χ0) is 15.9. The van der Waals surface area contributed by atoms with Crippen molar-refractivity contribution in [2.75, 3.05) is 30.3 Å². The third kappa shape index (κ3) is 5.49. The van der Waals surface area contributed by atoms with Gasteiger partial charge in [0.1, 0.15) is 0 Å². The smallest absolute Gasteiger partial charge is 0.398 e. The molecule has 6 nitrogen and oxygen atoms in total. The number of nitrogens with zero attached hydrogens (tertiary/aromatic N) is 3. The Bertz CT molecular complexity index is 488. The van der Waals surface area contributed by atoms with Gasteiger partial charge in [0.2, 0.25) is 11.8 Å². The summed E-state index contributed by atoms with van der Waals surface area (Å²) in [7, 11) is 0. The molecule has 0 aliphatic rings. The van der Waals surface area contributed by atoms with Crippen molar-refractivity contribution in [3.8, 4) is 5.88 Å². The lowest BCUT2D eigenvalue weighted by Crippen LogP contribution is -2.24. The van der Waals surface area contributed by atoms with Gasteiger partial charge in [0, 0.05) is 30.6 Å². The van der Waals surface area contributed by atoms with Crippen LogP contribution in [0, 0.1) is 6.92 Å². The van der Waals surface area contributed by atoms with Crippen molar-refractivity contribution >= 4 is 24.1 Å². The molecule has 8 heteroatoms. The van der Waals surface area contributed by atoms with Gasteiger partial charge >= 0.3 is 6.80 Å². The molecule has 0 aliphatic heterocycles. The van der Waals surface area contributed by atoms with Gasteiger partial charge in [0.15, 0.2) is 0 Å². The third-order valence-corrected chi connectivity index (χ3v) is 6.47. The average molecular weight is 333 g/mol. The van der Waals surface area contributed by atoms with Crippen LogP contribution < -0.4 is 9.42 Å². The Morgan fingerprint density at radius 1 is 1.24 bits per heavy atom. The van der Waals surface area contributed by atoms with Gasteiger partial charge in [-0.2, -0.15) is 4.98 Å². The van der Waals surface area contributed by atoms with Crippen LogP contribution in [0.2, 0.25) is 0 Å². The molecule has 0 saturated carbocycles. The van der Waals surface area contributed by atoms with Crippen molar-refractivity contribution in [1.29, 1.82) is 0 Å². The van der Waals surface area contributed by atoms with E-state index in [1.807, 2.05) is 32.6 Å². The van der Waals surface area contributed by atoms with E-state index in [-0.39, 0.29) is 0 Å². The van der Waals surface area contributed by atoms with Crippen LogP contribution in [0.1, 0.15) is 33.4 Å². The van der Waals surface area contributed by atoms with Gasteiger partial charge in [0.05, 0.1) is 6.61 Å². The Kier molecular flexibility index (Phi) is 7.49. The number of rotatable bonds is 9. The maximum absolute atomic E-state index is 12.6. The van der Waals surface area contributed by atoms with Gasteiger partial charge < -0.3 is 9.42 Å². The molecular weight excluding hydrogens is 309 g/mol. The molecule has 0 N–H and O–H groups in total. The molecule has 1 unspecified atom stereocenters. The standard InChI is InChI=1S/C13H24N3O3PS/c1-6-16(7-2)13-14-11(5)10-12(15-13)19-20(17,18-8-3)21-9-4/h10H,6-9H2,1-5H3. The van der Waals surface area contributed by atoms with E-state index in [1.54, 1.807) is 13.0 Å². The summed E-state index contributed by atoms with van der Waals surface area (Å²) in [6, 6.07) is 1.68. The first-order valence-electron chi connectivity index (χ1n) is 7.17. The lowest BCUT2D eigenvalue weighted by molar-refractivity contribution is 0.293. The summed E-state index contributed by atoms with van der Waals surface area (Å²) in [4.78, 5) is 10.8. The van der Waals surface area contributed by atoms with E-state index in [0.29, 0.717) is 24.2 Å². The van der Waals surface area contributed by atoms with E-state index >= 15 is 0 Å². The number of anilines is 1. The summed E-state index contributed by atoms with van der Waals surface area (Å²) < 4.78 is 23.4. The maximum Gasteiger partial charge on any atom is 0.441 e. The summed E-state index contributed by atoms with van der Waals surface area (Å²) >= 11 is 1.17. The van der Waals surface area contributed by atoms with Crippen molar-refractivity contribution in [3.05, 3.63) is 11.8 Å². The van der Waals surface area contributed by atoms with Crippen molar-refractivity contribution in [2.24, 2.45) is 0 Å². The SMILES string of the molecule is CCOP(=O)(Oc1cc(C)nc(N(CC)CC)n1)SCC. The molecule has 120 valence electrons. The second-order valence-electron chi connectivity index (χ2n) is 4.19. The zero-order valence-electron chi connectivity index (χ0n) is 13.3. The number of hydrogen-bond acceptors (Lipinski definition) is 7. The zero-order valence-corrected chi connectivity index (χ0v) is 15.0. The molecule has 0 aromatic carbocycles. The van der Waals surface area contributed by atoms with Gasteiger partial charge in [-0.1, -0.05) is 6.92 Å². The van der Waals surface area contributed by atoms with Crippen molar-refractivity contribution in [3.63, 3.8) is 0 Å². The summed E-state index contributed by atoms with van der Waals surface area (Å²) in [5.41, 5.74) is 0.770. The fourth-order valence-corrected chi connectivity index (χ4v) is 4.75. The first-order valence-corrected chi connectivity index (χ1v) is 10.3. The van der Waals surface area contributed by atoms with E-state index in [9.17, 15) is 4.57 Å². The third-order valence-electron chi connectivity index (χ3n) is 2.64. The molecule has 0 fully saturated rings. The van der Waals surface area contributed by atoms with Crippen LogP contribution in [0.3, 0.4) is 0 Å². The molecule has 21 heavy (non-hydrogen) atoms. The van der Waals surface area contributed by atoms with Gasteiger partial charge in [-0.25, -0.2) is 9.55 Å². The highest BCUT2D eigenvalue weighted by atomic mass is 32.7. The first kappa shape index (κ1) is 18.3. The summed E-state index contributed by atoms with van der Waals surface area (Å²) in [5, 5.41) is 0. The van der Waals surface area contributed by atoms with Crippen LogP contribution in [0.25, 0.3) is 0 Å². The summed E-state index contributed by atoms with van der Waals surface area (Å²) in [5.74, 6) is 1.52. The van der Waals surface area contributed by atoms with Crippen LogP contribution in [0.5, 0.6) is 5.88 Å². The molecule has 1 heterocycles. The monoisotopic (exact) mass is 333 g/mol. The minimum atomic E-state index is -3.22. The fourth-order valence-electron chi connectivity index (χ4n) is 1.74. The number of hydrogen-bond donors (Lipinski definition) is 0. The number of aromatic nitrogens is 2. The normalized spacial score (nSPS) is 13.8. The quantitative estimate of drug-likeness (QED) is 0.635. The Labute approximate surface area is 130 Å². The van der Waals surface area contributed by atoms with E-state index in [4.69, 9.17) is 9.05 Å². The second-order valence-corrected chi connectivity index (χ2v) is 8.48. The lowest BCUT2D eigenvalue weighted by Gasteiger charge is -2.21. The predicted molar refractivity (Wildman–Crippen MR) is 88.3 cm³/mol. The largest absolute Gasteiger partial charge is 0.441 e. The van der Waals surface area contributed by atoms with Crippen LogP contribution in [-0.4, -0.2) is 35.4 Å². The molecule has 0 spiro atoms. The first-order chi connectivity index (χ1) is 9.97. The second kappa shape index (κ2) is 8.61. The highest BCUT2D eigenvalue weighted by molar-refractivity contribution is 8.55. The Morgan fingerprint density at radius 3 is 2.43 bits per heavy atom. The van der Waals surface area contributed by atoms with Gasteiger partial charge in [-0.15, -0.1) is 0 Å². The van der Waals surface area contributed by atoms with Crippen LogP contribution in [0.15, 0.2) is 6.07 Å². The summed E-state index contributed by atoms with van der Waals surface area (Å²) in [6.45, 7) is 8.34. The Morgan fingerprint density at radius 2 is 1.90 bits per heavy atom. The predicted octanol–water partition coefficient (Wildman–Crippen LogP) is 3.91. The molecule has 1 rings (SSSR count). The number of aryl methyl sites for hydroxylation is 1. The van der Waals surface area contributed by atoms with Gasteiger partial charge in [-0.05, 0) is 39.1 Å². The molecular formula is C13H24N3O3PS. The van der Waals surface area contributed by atoms with E-state index < -0.39 is 6.80 Å². The molecule has 1 aromatic heterocycles. The summed E-state index contributed by atoms with van der Waals surface area (Å²) in [6.07, 6.45) is 0. The Hall–Kier alpha value is -0.780. The molecule has 1 aromatic rings. The molecule has 0 radical (unpaired) electrons. The fraction of sp³-hybridized carbons (Fsp3) is 0.692. The van der Waals surface area contributed by atoms with E-state index in [0.717, 1.165) is 18.8 Å². The molecule has 0 bridgehead atoms. The van der Waals surface area contributed by atoms with Crippen molar-refractivity contribution in [2.45, 2.75) is 34.6 Å². The lowest BCUT2D eigenvalue weighted by atomic mass is 10.4. The molecule has 0 saturated heterocycles. The van der Waals surface area contributed by atoms with Gasteiger partial charge in [-0.3, -0.25) is 4.52 Å². The molecule has 1 atom stereocenters. The molecule has 0 amide bonds. The average Bonchev–Trinajstić information content (AvgIpc) is 2.39. The highest BCUT2D eigenvalue weighted by Crippen LogP contribution is 2.59. The van der Waals surface area contributed by atoms with Crippen molar-refractivity contribution in [1.82, 2.24) is 9.97 Å². The van der Waals surface area contributed by atoms with Gasteiger partial charge in [0.25, 0.3) is 0 Å². The van der Waals surface area contributed by atoms with Crippen LogP contribution >= 0.6 is 18.2 Å². The van der Waals surface area contributed by atoms with E-state index in [2.05, 4.69) is 9.97 Å². The Balaban J connectivity index is 3.04. The van der Waals surface area contributed by atoms with E-state index in [1.165, 1.54) is 11.4 Å². The molecule has 0 aliphatic carbocycles.